The molecule has 1 amide bonds. The van der Waals surface area contributed by atoms with Crippen molar-refractivity contribution in [3.63, 3.8) is 0 Å². The van der Waals surface area contributed by atoms with Crippen molar-refractivity contribution < 1.29 is 13.2 Å². The van der Waals surface area contributed by atoms with Crippen molar-refractivity contribution >= 4 is 21.6 Å². The van der Waals surface area contributed by atoms with E-state index in [1.165, 1.54) is 17.0 Å². The molecule has 1 spiro atoms. The van der Waals surface area contributed by atoms with Crippen molar-refractivity contribution in [1.29, 1.82) is 0 Å². The highest BCUT2D eigenvalue weighted by Crippen LogP contribution is 2.48. The van der Waals surface area contributed by atoms with Gasteiger partial charge in [-0.1, -0.05) is 37.5 Å². The predicted molar refractivity (Wildman–Crippen MR) is 95.3 cm³/mol. The molecular formula is C18H26N2O3S. The monoisotopic (exact) mass is 350 g/mol. The van der Waals surface area contributed by atoms with E-state index in [9.17, 15) is 13.2 Å². The number of nitrogens with zero attached hydrogens (tertiary/aromatic N) is 2. The molecule has 6 heteroatoms. The number of hydrogen-bond acceptors (Lipinski definition) is 3. The Morgan fingerprint density at radius 3 is 2.38 bits per heavy atom. The fraction of sp³-hybridized carbons (Fsp3) is 0.611. The summed E-state index contributed by atoms with van der Waals surface area (Å²) in [4.78, 5) is 14.9. The van der Waals surface area contributed by atoms with Crippen LogP contribution in [0, 0.1) is 11.3 Å². The van der Waals surface area contributed by atoms with Crippen molar-refractivity contribution in [2.75, 3.05) is 31.3 Å². The van der Waals surface area contributed by atoms with Crippen LogP contribution in [0.4, 0.5) is 5.69 Å². The van der Waals surface area contributed by atoms with Crippen molar-refractivity contribution in [2.24, 2.45) is 11.3 Å². The first-order valence-electron chi connectivity index (χ1n) is 8.61. The van der Waals surface area contributed by atoms with Gasteiger partial charge in [0.1, 0.15) is 0 Å². The summed E-state index contributed by atoms with van der Waals surface area (Å²) >= 11 is 0. The maximum absolute atomic E-state index is 13.2. The van der Waals surface area contributed by atoms with Gasteiger partial charge in [0, 0.05) is 25.8 Å². The molecule has 2 fully saturated rings. The molecule has 132 valence electrons. The largest absolute Gasteiger partial charge is 0.315 e. The normalized spacial score (nSPS) is 24.2. The van der Waals surface area contributed by atoms with E-state index in [0.29, 0.717) is 13.1 Å². The van der Waals surface area contributed by atoms with Gasteiger partial charge < -0.3 is 4.90 Å². The van der Waals surface area contributed by atoms with Gasteiger partial charge in [0.25, 0.3) is 0 Å². The van der Waals surface area contributed by atoms with E-state index in [2.05, 4.69) is 0 Å². The zero-order valence-electron chi connectivity index (χ0n) is 14.4. The summed E-state index contributed by atoms with van der Waals surface area (Å²) in [7, 11) is -1.48. The lowest BCUT2D eigenvalue weighted by molar-refractivity contribution is -0.125. The van der Waals surface area contributed by atoms with Crippen LogP contribution in [0.3, 0.4) is 0 Å². The molecule has 1 aromatic rings. The molecule has 5 nitrogen and oxygen atoms in total. The number of carbonyl (C=O) groups is 1. The zero-order chi connectivity index (χ0) is 17.4. The summed E-state index contributed by atoms with van der Waals surface area (Å²) in [5.74, 6) is -0.216. The second-order valence-electron chi connectivity index (χ2n) is 7.26. The molecule has 1 saturated heterocycles. The summed E-state index contributed by atoms with van der Waals surface area (Å²) in [5, 5.41) is 0. The van der Waals surface area contributed by atoms with E-state index in [1.807, 2.05) is 30.3 Å². The number of para-hydroxylation sites is 1. The highest BCUT2D eigenvalue weighted by atomic mass is 32.2. The molecule has 0 bridgehead atoms. The Hall–Kier alpha value is -1.40. The first-order valence-corrected chi connectivity index (χ1v) is 10.5. The fourth-order valence-corrected chi connectivity index (χ4v) is 5.20. The van der Waals surface area contributed by atoms with Crippen molar-refractivity contribution in [3.8, 4) is 0 Å². The lowest BCUT2D eigenvalue weighted by Crippen LogP contribution is -2.43. The zero-order valence-corrected chi connectivity index (χ0v) is 15.3. The van der Waals surface area contributed by atoms with Gasteiger partial charge in [-0.3, -0.25) is 4.79 Å². The molecule has 1 unspecified atom stereocenters. The smallest absolute Gasteiger partial charge is 0.231 e. The van der Waals surface area contributed by atoms with Gasteiger partial charge in [-0.2, -0.15) is 0 Å². The third-order valence-corrected chi connectivity index (χ3v) is 6.92. The molecule has 1 saturated carbocycles. The van der Waals surface area contributed by atoms with Gasteiger partial charge in [-0.15, -0.1) is 0 Å². The molecule has 0 radical (unpaired) electrons. The molecule has 2 aliphatic rings. The maximum Gasteiger partial charge on any atom is 0.231 e. The van der Waals surface area contributed by atoms with E-state index < -0.39 is 10.0 Å². The van der Waals surface area contributed by atoms with Crippen LogP contribution in [-0.4, -0.2) is 45.0 Å². The summed E-state index contributed by atoms with van der Waals surface area (Å²) in [5.41, 5.74) is 0.660. The summed E-state index contributed by atoms with van der Waals surface area (Å²) in [6.07, 6.45) is 6.47. The number of hydrogen-bond donors (Lipinski definition) is 0. The second kappa shape index (κ2) is 6.48. The SMILES string of the molecule is CN(C(=O)C1CN(S(C)(=O)=O)CC12CCCCC2)c1ccccc1. The van der Waals surface area contributed by atoms with E-state index >= 15 is 0 Å². The number of rotatable bonds is 3. The Morgan fingerprint density at radius 1 is 1.17 bits per heavy atom. The molecule has 1 atom stereocenters. The Balaban J connectivity index is 1.89. The Bertz CT molecular complexity index is 696. The number of amides is 1. The van der Waals surface area contributed by atoms with Crippen LogP contribution in [0.2, 0.25) is 0 Å². The molecular weight excluding hydrogens is 324 g/mol. The average molecular weight is 350 g/mol. The molecule has 24 heavy (non-hydrogen) atoms. The van der Waals surface area contributed by atoms with Gasteiger partial charge in [-0.25, -0.2) is 12.7 Å². The summed E-state index contributed by atoms with van der Waals surface area (Å²) in [6, 6.07) is 9.56. The van der Waals surface area contributed by atoms with Gasteiger partial charge >= 0.3 is 0 Å². The maximum atomic E-state index is 13.2. The fourth-order valence-electron chi connectivity index (χ4n) is 4.29. The Labute approximate surface area is 144 Å². The summed E-state index contributed by atoms with van der Waals surface area (Å²) in [6.45, 7) is 0.805. The van der Waals surface area contributed by atoms with Crippen LogP contribution >= 0.6 is 0 Å². The molecule has 0 N–H and O–H groups in total. The van der Waals surface area contributed by atoms with Crippen LogP contribution < -0.4 is 4.90 Å². The first kappa shape index (κ1) is 17.4. The predicted octanol–water partition coefficient (Wildman–Crippen LogP) is 2.49. The van der Waals surface area contributed by atoms with Crippen molar-refractivity contribution in [1.82, 2.24) is 4.31 Å². The standard InChI is InChI=1S/C18H26N2O3S/c1-19(15-9-5-3-6-10-15)17(21)16-13-20(24(2,22)23)14-18(16)11-7-4-8-12-18/h3,5-6,9-10,16H,4,7-8,11-14H2,1-2H3. The number of anilines is 1. The molecule has 0 aromatic heterocycles. The highest BCUT2D eigenvalue weighted by Gasteiger charge is 2.52. The topological polar surface area (TPSA) is 57.7 Å². The van der Waals surface area contributed by atoms with E-state index in [0.717, 1.165) is 31.4 Å². The number of sulfonamides is 1. The van der Waals surface area contributed by atoms with Gasteiger partial charge in [0.15, 0.2) is 0 Å². The minimum atomic E-state index is -3.27. The molecule has 1 aliphatic heterocycles. The van der Waals surface area contributed by atoms with Crippen LogP contribution in [0.15, 0.2) is 30.3 Å². The third-order valence-electron chi connectivity index (χ3n) is 5.71. The number of benzene rings is 1. The summed E-state index contributed by atoms with van der Waals surface area (Å²) < 4.78 is 25.7. The van der Waals surface area contributed by atoms with Gasteiger partial charge in [0.2, 0.25) is 15.9 Å². The van der Waals surface area contributed by atoms with Crippen LogP contribution in [0.5, 0.6) is 0 Å². The third kappa shape index (κ3) is 3.22. The highest BCUT2D eigenvalue weighted by molar-refractivity contribution is 7.88. The van der Waals surface area contributed by atoms with Crippen molar-refractivity contribution in [2.45, 2.75) is 32.1 Å². The van der Waals surface area contributed by atoms with Crippen LogP contribution in [-0.2, 0) is 14.8 Å². The quantitative estimate of drug-likeness (QED) is 0.841. The second-order valence-corrected chi connectivity index (χ2v) is 9.25. The lowest BCUT2D eigenvalue weighted by atomic mass is 9.67. The first-order chi connectivity index (χ1) is 11.3. The minimum Gasteiger partial charge on any atom is -0.315 e. The van der Waals surface area contributed by atoms with E-state index in [1.54, 1.807) is 11.9 Å². The van der Waals surface area contributed by atoms with Crippen LogP contribution in [0.25, 0.3) is 0 Å². The molecule has 1 aromatic carbocycles. The number of carbonyl (C=O) groups excluding carboxylic acids is 1. The van der Waals surface area contributed by atoms with Gasteiger partial charge in [-0.05, 0) is 30.4 Å². The Kier molecular flexibility index (Phi) is 4.71. The van der Waals surface area contributed by atoms with Crippen LogP contribution in [0.1, 0.15) is 32.1 Å². The Morgan fingerprint density at radius 2 is 1.79 bits per heavy atom. The van der Waals surface area contributed by atoms with E-state index in [4.69, 9.17) is 0 Å². The van der Waals surface area contributed by atoms with E-state index in [-0.39, 0.29) is 17.2 Å². The molecule has 3 rings (SSSR count). The lowest BCUT2D eigenvalue weighted by Gasteiger charge is -2.38. The molecule has 1 aliphatic carbocycles. The minimum absolute atomic E-state index is 0.0363. The van der Waals surface area contributed by atoms with Gasteiger partial charge in [0.05, 0.1) is 12.2 Å². The molecule has 1 heterocycles. The average Bonchev–Trinajstić information content (AvgIpc) is 2.94. The van der Waals surface area contributed by atoms with Crippen molar-refractivity contribution in [3.05, 3.63) is 30.3 Å².